The minimum absolute atomic E-state index is 0.0865. The Balaban J connectivity index is 0.730. The normalized spacial score (nSPS) is 57.2. The molecule has 6 bridgehead atoms. The number of rotatable bonds is 12. The van der Waals surface area contributed by atoms with Gasteiger partial charge in [0.1, 0.15) is 0 Å². The molecule has 0 aromatic rings. The van der Waals surface area contributed by atoms with Gasteiger partial charge in [-0.3, -0.25) is 4.90 Å². The van der Waals surface area contributed by atoms with Crippen LogP contribution in [0.2, 0.25) is 0 Å². The van der Waals surface area contributed by atoms with Gasteiger partial charge < -0.3 is 42.6 Å². The van der Waals surface area contributed by atoms with Gasteiger partial charge in [0.05, 0.1) is 19.8 Å². The second-order valence-corrected chi connectivity index (χ2v) is 24.3. The quantitative estimate of drug-likeness (QED) is 0.175. The summed E-state index contributed by atoms with van der Waals surface area (Å²) in [6.45, 7) is 22.9. The Morgan fingerprint density at radius 1 is 0.388 bits per heavy atom. The van der Waals surface area contributed by atoms with Gasteiger partial charge in [-0.05, 0) is 114 Å². The van der Waals surface area contributed by atoms with E-state index in [1.54, 1.807) is 0 Å². The van der Waals surface area contributed by atoms with Crippen molar-refractivity contribution in [3.05, 3.63) is 0 Å². The molecule has 15 aliphatic rings. The summed E-state index contributed by atoms with van der Waals surface area (Å²) in [5, 5.41) is 0. The van der Waals surface area contributed by atoms with E-state index in [0.717, 1.165) is 77.0 Å². The summed E-state index contributed by atoms with van der Waals surface area (Å²) in [5.41, 5.74) is -1.89. The lowest BCUT2D eigenvalue weighted by Crippen LogP contribution is -2.70. The maximum absolute atomic E-state index is 6.81. The average Bonchev–Trinajstić information content (AvgIpc) is 3.78. The number of fused-ring (bicyclic) bond motifs is 6. The van der Waals surface area contributed by atoms with Crippen LogP contribution < -0.4 is 0 Å². The smallest absolute Gasteiger partial charge is 0.201 e. The Morgan fingerprint density at radius 3 is 0.985 bits per heavy atom. The van der Waals surface area contributed by atoms with Gasteiger partial charge in [-0.15, -0.1) is 0 Å². The van der Waals surface area contributed by atoms with Crippen molar-refractivity contribution < 1.29 is 72.0 Å². The molecule has 15 fully saturated rings. The SMILES string of the molecule is C[C@@H]1CC[C@H]2[C@@H](C)C(OCCN(CCOC3O[C@@H]4O[C@]5(C)CC[C@H]6[C@H](C)CC[C@@H]([C@H]3C)[C@@]46OO5)CCOC3O[C@@H]4O[C@]5(C)CC[C@H]6[C@H](C)CC[C@@H]([C@H]3C)[C@@]46OO5)O[C@@H]3O[C@]4(C)CC[C@@H]1[C@]32OO4. The third-order valence-corrected chi connectivity index (χ3v) is 20.4. The molecule has 3 unspecified atom stereocenters. The Labute approximate surface area is 397 Å². The fourth-order valence-electron chi connectivity index (χ4n) is 16.4. The molecule has 24 atom stereocenters. The lowest BCUT2D eigenvalue weighted by atomic mass is 9.58. The molecule has 12 heterocycles. The molecule has 3 aliphatic carbocycles. The number of nitrogens with zero attached hydrogens (tertiary/aromatic N) is 1. The van der Waals surface area contributed by atoms with E-state index in [1.807, 2.05) is 20.8 Å². The highest BCUT2D eigenvalue weighted by atomic mass is 17.3. The molecule has 0 radical (unpaired) electrons. The molecule has 16 nitrogen and oxygen atoms in total. The fraction of sp³-hybridized carbons (Fsp3) is 1.00. The van der Waals surface area contributed by atoms with Crippen molar-refractivity contribution in [1.82, 2.24) is 4.90 Å². The van der Waals surface area contributed by atoms with Crippen LogP contribution in [-0.2, 0) is 72.0 Å². The van der Waals surface area contributed by atoms with Gasteiger partial charge in [0.2, 0.25) is 17.4 Å². The minimum atomic E-state index is -0.838. The Hall–Kier alpha value is -0.640. The van der Waals surface area contributed by atoms with Gasteiger partial charge >= 0.3 is 0 Å². The first-order valence-electron chi connectivity index (χ1n) is 26.8. The van der Waals surface area contributed by atoms with E-state index in [1.165, 1.54) is 0 Å². The van der Waals surface area contributed by atoms with Crippen molar-refractivity contribution >= 4 is 0 Å². The maximum atomic E-state index is 6.81. The van der Waals surface area contributed by atoms with E-state index in [0.29, 0.717) is 75.0 Å². The highest BCUT2D eigenvalue weighted by Crippen LogP contribution is 2.64. The fourth-order valence-corrected chi connectivity index (χ4v) is 16.4. The maximum Gasteiger partial charge on any atom is 0.201 e. The van der Waals surface area contributed by atoms with Crippen molar-refractivity contribution in [2.75, 3.05) is 39.5 Å². The van der Waals surface area contributed by atoms with E-state index in [9.17, 15) is 0 Å². The molecule has 0 aromatic heterocycles. The van der Waals surface area contributed by atoms with Crippen LogP contribution in [0, 0.1) is 71.0 Å². The molecule has 3 saturated carbocycles. The van der Waals surface area contributed by atoms with Crippen LogP contribution in [0.15, 0.2) is 0 Å². The van der Waals surface area contributed by atoms with Gasteiger partial charge in [0, 0.05) is 74.4 Å². The summed E-state index contributed by atoms with van der Waals surface area (Å²) in [4.78, 5) is 39.8. The summed E-state index contributed by atoms with van der Waals surface area (Å²) in [5.74, 6) is 0.710. The van der Waals surface area contributed by atoms with Crippen LogP contribution in [0.4, 0.5) is 0 Å². The van der Waals surface area contributed by atoms with E-state index < -0.39 is 71.9 Å². The van der Waals surface area contributed by atoms with Crippen molar-refractivity contribution in [2.45, 2.75) is 211 Å². The second-order valence-electron chi connectivity index (χ2n) is 24.3. The lowest BCUT2D eigenvalue weighted by Gasteiger charge is -2.60. The average molecular weight is 948 g/mol. The van der Waals surface area contributed by atoms with Crippen LogP contribution in [0.3, 0.4) is 0 Å². The van der Waals surface area contributed by atoms with Crippen LogP contribution in [0.5, 0.6) is 0 Å². The standard InChI is InChI=1S/C51H81NO15/c1-28-10-13-37-31(4)40(56-43-49(37)34(28)16-19-46(7,59-43)62-65-49)53-25-22-52(23-26-54-41-32(5)38-14-11-29(2)35-17-20-47(8)60-44(57-41)50(35,38)66-63-47)24-27-55-42-33(6)39-15-12-30(3)36-18-21-48(9)61-45(58-42)51(36,39)67-64-48/h28-45H,10-27H2,1-9H3/t28-,29-,30-,31-,32-,33-,34+,35+,36+,37+,38+,39+,40?,41?,42?,43-,44-,45-,46+,47+,48+,49-,50-,51-/m1/s1. The highest BCUT2D eigenvalue weighted by Gasteiger charge is 2.72. The third kappa shape index (κ3) is 7.40. The molecule has 12 aliphatic heterocycles. The monoisotopic (exact) mass is 948 g/mol. The Morgan fingerprint density at radius 2 is 0.687 bits per heavy atom. The summed E-state index contributed by atoms with van der Waals surface area (Å²) >= 11 is 0. The molecule has 3 spiro atoms. The molecular weight excluding hydrogens is 867 g/mol. The predicted molar refractivity (Wildman–Crippen MR) is 235 cm³/mol. The van der Waals surface area contributed by atoms with Crippen LogP contribution in [-0.4, -0.2) is 116 Å². The third-order valence-electron chi connectivity index (χ3n) is 20.4. The summed E-state index contributed by atoms with van der Waals surface area (Å²) in [6, 6.07) is 0. The molecule has 0 N–H and O–H groups in total. The first kappa shape index (κ1) is 47.4. The van der Waals surface area contributed by atoms with Crippen molar-refractivity contribution in [3.63, 3.8) is 0 Å². The topological polar surface area (TPSA) is 142 Å². The largest absolute Gasteiger partial charge is 0.351 e. The Bertz CT molecular complexity index is 1620. The highest BCUT2D eigenvalue weighted by molar-refractivity contribution is 5.12. The van der Waals surface area contributed by atoms with Gasteiger partial charge in [-0.2, -0.15) is 0 Å². The molecule has 16 heteroatoms. The van der Waals surface area contributed by atoms with Crippen LogP contribution >= 0.6 is 0 Å². The molecule has 380 valence electrons. The van der Waals surface area contributed by atoms with Crippen molar-refractivity contribution in [3.8, 4) is 0 Å². The molecule has 67 heavy (non-hydrogen) atoms. The number of hydrogen-bond donors (Lipinski definition) is 0. The summed E-state index contributed by atoms with van der Waals surface area (Å²) < 4.78 is 60.6. The first-order valence-corrected chi connectivity index (χ1v) is 26.8. The molecule has 0 aromatic carbocycles. The first-order chi connectivity index (χ1) is 32.1. The van der Waals surface area contributed by atoms with Crippen LogP contribution in [0.25, 0.3) is 0 Å². The van der Waals surface area contributed by atoms with Gasteiger partial charge in [-0.1, -0.05) is 41.5 Å². The summed E-state index contributed by atoms with van der Waals surface area (Å²) in [6.07, 6.45) is 8.80. The minimum Gasteiger partial charge on any atom is -0.351 e. The van der Waals surface area contributed by atoms with E-state index in [4.69, 9.17) is 72.0 Å². The van der Waals surface area contributed by atoms with Gasteiger partial charge in [-0.25, -0.2) is 29.3 Å². The van der Waals surface area contributed by atoms with Gasteiger partial charge in [0.25, 0.3) is 0 Å². The summed E-state index contributed by atoms with van der Waals surface area (Å²) in [7, 11) is 0. The van der Waals surface area contributed by atoms with Crippen molar-refractivity contribution in [2.24, 2.45) is 71.0 Å². The zero-order chi connectivity index (χ0) is 46.3. The second kappa shape index (κ2) is 17.2. The Kier molecular flexibility index (Phi) is 12.2. The molecular formula is C51H81NO15. The van der Waals surface area contributed by atoms with E-state index >= 15 is 0 Å². The molecule has 0 amide bonds. The van der Waals surface area contributed by atoms with Crippen LogP contribution in [0.1, 0.15) is 139 Å². The zero-order valence-electron chi connectivity index (χ0n) is 41.7. The lowest BCUT2D eigenvalue weighted by molar-refractivity contribution is -0.577. The predicted octanol–water partition coefficient (Wildman–Crippen LogP) is 7.96. The van der Waals surface area contributed by atoms with Crippen molar-refractivity contribution in [1.29, 1.82) is 0 Å². The zero-order valence-corrected chi connectivity index (χ0v) is 41.7. The van der Waals surface area contributed by atoms with Gasteiger partial charge in [0.15, 0.2) is 54.5 Å². The molecule has 15 rings (SSSR count). The molecule has 12 saturated heterocycles. The number of ether oxygens (including phenoxy) is 9. The van der Waals surface area contributed by atoms with E-state index in [2.05, 4.69) is 46.4 Å². The van der Waals surface area contributed by atoms with E-state index in [-0.39, 0.29) is 35.5 Å². The number of hydrogen-bond acceptors (Lipinski definition) is 16.